The standard InChI is InChI=1S/C18H27FO2/c1-6-14(7-2)18(13(5)21-17(20)8-3)16-10-9-15(19)11-12(16)4/h9-11,13-14,18H,6-8H2,1-5H3/t13?,18-/m0/s1. The Kier molecular flexibility index (Phi) is 6.86. The molecule has 1 aromatic rings. The Morgan fingerprint density at radius 3 is 2.33 bits per heavy atom. The third-order valence-corrected chi connectivity index (χ3v) is 4.26. The molecule has 2 atom stereocenters. The largest absolute Gasteiger partial charge is 0.462 e. The topological polar surface area (TPSA) is 26.3 Å². The molecule has 0 saturated heterocycles. The first-order valence-corrected chi connectivity index (χ1v) is 7.90. The molecule has 0 radical (unpaired) electrons. The van der Waals surface area contributed by atoms with Crippen LogP contribution in [0.3, 0.4) is 0 Å². The number of ether oxygens (including phenoxy) is 1. The molecule has 3 heteroatoms. The molecular formula is C18H27FO2. The van der Waals surface area contributed by atoms with Gasteiger partial charge in [-0.2, -0.15) is 0 Å². The summed E-state index contributed by atoms with van der Waals surface area (Å²) in [5.41, 5.74) is 2.01. The summed E-state index contributed by atoms with van der Waals surface area (Å²) in [5.74, 6) is 0.112. The van der Waals surface area contributed by atoms with Crippen molar-refractivity contribution in [2.75, 3.05) is 0 Å². The van der Waals surface area contributed by atoms with Gasteiger partial charge >= 0.3 is 5.97 Å². The van der Waals surface area contributed by atoms with Crippen LogP contribution in [0.5, 0.6) is 0 Å². The van der Waals surface area contributed by atoms with Crippen molar-refractivity contribution in [2.45, 2.75) is 65.9 Å². The van der Waals surface area contributed by atoms with E-state index in [0.717, 1.165) is 24.0 Å². The van der Waals surface area contributed by atoms with Crippen molar-refractivity contribution in [1.29, 1.82) is 0 Å². The second-order valence-electron chi connectivity index (χ2n) is 5.65. The molecular weight excluding hydrogens is 267 g/mol. The Hall–Kier alpha value is -1.38. The molecule has 0 spiro atoms. The minimum atomic E-state index is -0.224. The van der Waals surface area contributed by atoms with E-state index >= 15 is 0 Å². The lowest BCUT2D eigenvalue weighted by Crippen LogP contribution is -2.28. The van der Waals surface area contributed by atoms with E-state index in [1.165, 1.54) is 6.07 Å². The summed E-state index contributed by atoms with van der Waals surface area (Å²) in [6.07, 6.45) is 2.19. The van der Waals surface area contributed by atoms with Gasteiger partial charge in [0.05, 0.1) is 0 Å². The molecule has 0 aliphatic heterocycles. The van der Waals surface area contributed by atoms with Gasteiger partial charge in [-0.05, 0) is 43.0 Å². The van der Waals surface area contributed by atoms with E-state index in [9.17, 15) is 9.18 Å². The predicted molar refractivity (Wildman–Crippen MR) is 83.8 cm³/mol. The summed E-state index contributed by atoms with van der Waals surface area (Å²) in [5, 5.41) is 0. The van der Waals surface area contributed by atoms with Crippen molar-refractivity contribution in [3.8, 4) is 0 Å². The van der Waals surface area contributed by atoms with E-state index in [1.54, 1.807) is 13.0 Å². The fraction of sp³-hybridized carbons (Fsp3) is 0.611. The third-order valence-electron chi connectivity index (χ3n) is 4.26. The highest BCUT2D eigenvalue weighted by molar-refractivity contribution is 5.69. The smallest absolute Gasteiger partial charge is 0.305 e. The Morgan fingerprint density at radius 1 is 1.24 bits per heavy atom. The van der Waals surface area contributed by atoms with Crippen LogP contribution in [0.1, 0.15) is 64.0 Å². The van der Waals surface area contributed by atoms with Crippen molar-refractivity contribution in [3.63, 3.8) is 0 Å². The van der Waals surface area contributed by atoms with Gasteiger partial charge < -0.3 is 4.74 Å². The number of carbonyl (C=O) groups excluding carboxylic acids is 1. The van der Waals surface area contributed by atoms with Crippen molar-refractivity contribution < 1.29 is 13.9 Å². The number of aryl methyl sites for hydroxylation is 1. The van der Waals surface area contributed by atoms with Crippen LogP contribution in [0.15, 0.2) is 18.2 Å². The lowest BCUT2D eigenvalue weighted by molar-refractivity contribution is -0.149. The summed E-state index contributed by atoms with van der Waals surface area (Å²) in [7, 11) is 0. The van der Waals surface area contributed by atoms with E-state index in [1.807, 2.05) is 19.9 Å². The van der Waals surface area contributed by atoms with Crippen LogP contribution in [0.2, 0.25) is 0 Å². The molecule has 0 bridgehead atoms. The summed E-state index contributed by atoms with van der Waals surface area (Å²) in [6.45, 7) is 9.95. The highest BCUT2D eigenvalue weighted by atomic mass is 19.1. The van der Waals surface area contributed by atoms with Crippen molar-refractivity contribution in [1.82, 2.24) is 0 Å². The number of halogens is 1. The van der Waals surface area contributed by atoms with Gasteiger partial charge in [-0.3, -0.25) is 4.79 Å². The van der Waals surface area contributed by atoms with Crippen molar-refractivity contribution in [3.05, 3.63) is 35.1 Å². The van der Waals surface area contributed by atoms with E-state index in [0.29, 0.717) is 12.3 Å². The molecule has 21 heavy (non-hydrogen) atoms. The minimum Gasteiger partial charge on any atom is -0.462 e. The van der Waals surface area contributed by atoms with Crippen LogP contribution in [-0.4, -0.2) is 12.1 Å². The number of hydrogen-bond donors (Lipinski definition) is 0. The van der Waals surface area contributed by atoms with Crippen LogP contribution >= 0.6 is 0 Å². The molecule has 0 amide bonds. The van der Waals surface area contributed by atoms with Crippen molar-refractivity contribution in [2.24, 2.45) is 5.92 Å². The lowest BCUT2D eigenvalue weighted by atomic mass is 9.78. The van der Waals surface area contributed by atoms with E-state index in [2.05, 4.69) is 13.8 Å². The first-order valence-electron chi connectivity index (χ1n) is 7.90. The average molecular weight is 294 g/mol. The zero-order valence-electron chi connectivity index (χ0n) is 13.8. The highest BCUT2D eigenvalue weighted by Gasteiger charge is 2.29. The maximum Gasteiger partial charge on any atom is 0.305 e. The zero-order valence-corrected chi connectivity index (χ0v) is 13.8. The zero-order chi connectivity index (χ0) is 16.0. The molecule has 0 aromatic heterocycles. The van der Waals surface area contributed by atoms with Gasteiger partial charge in [-0.15, -0.1) is 0 Å². The van der Waals surface area contributed by atoms with Gasteiger partial charge in [0.1, 0.15) is 11.9 Å². The van der Waals surface area contributed by atoms with Crippen LogP contribution in [0, 0.1) is 18.7 Å². The number of benzene rings is 1. The predicted octanol–water partition coefficient (Wildman–Crippen LogP) is 5.00. The molecule has 0 aliphatic rings. The first kappa shape index (κ1) is 17.7. The van der Waals surface area contributed by atoms with Gasteiger partial charge in [0.2, 0.25) is 0 Å². The van der Waals surface area contributed by atoms with Crippen LogP contribution in [-0.2, 0) is 9.53 Å². The molecule has 0 saturated carbocycles. The minimum absolute atomic E-state index is 0.107. The second-order valence-corrected chi connectivity index (χ2v) is 5.65. The fourth-order valence-electron chi connectivity index (χ4n) is 3.06. The second kappa shape index (κ2) is 8.16. The van der Waals surface area contributed by atoms with Crippen LogP contribution in [0.4, 0.5) is 4.39 Å². The normalized spacial score (nSPS) is 14.0. The number of rotatable bonds is 7. The molecule has 0 heterocycles. The van der Waals surface area contributed by atoms with Crippen LogP contribution < -0.4 is 0 Å². The van der Waals surface area contributed by atoms with Crippen LogP contribution in [0.25, 0.3) is 0 Å². The summed E-state index contributed by atoms with van der Waals surface area (Å²) in [4.78, 5) is 11.6. The molecule has 1 rings (SSSR count). The average Bonchev–Trinajstić information content (AvgIpc) is 2.45. The van der Waals surface area contributed by atoms with Crippen molar-refractivity contribution >= 4 is 5.97 Å². The molecule has 118 valence electrons. The monoisotopic (exact) mass is 294 g/mol. The lowest BCUT2D eigenvalue weighted by Gasteiger charge is -2.32. The molecule has 1 aromatic carbocycles. The summed E-state index contributed by atoms with van der Waals surface area (Å²) in [6, 6.07) is 4.88. The molecule has 0 fully saturated rings. The number of esters is 1. The Bertz CT molecular complexity index is 466. The van der Waals surface area contributed by atoms with E-state index in [-0.39, 0.29) is 23.8 Å². The van der Waals surface area contributed by atoms with E-state index in [4.69, 9.17) is 4.74 Å². The Labute approximate surface area is 127 Å². The van der Waals surface area contributed by atoms with E-state index < -0.39 is 0 Å². The maximum absolute atomic E-state index is 13.4. The Morgan fingerprint density at radius 2 is 1.86 bits per heavy atom. The summed E-state index contributed by atoms with van der Waals surface area (Å²) >= 11 is 0. The highest BCUT2D eigenvalue weighted by Crippen LogP contribution is 2.36. The first-order chi connectivity index (χ1) is 9.94. The van der Waals surface area contributed by atoms with Gasteiger partial charge in [-0.25, -0.2) is 4.39 Å². The number of carbonyl (C=O) groups is 1. The third kappa shape index (κ3) is 4.55. The number of hydrogen-bond acceptors (Lipinski definition) is 2. The van der Waals surface area contributed by atoms with Gasteiger partial charge in [0.25, 0.3) is 0 Å². The molecule has 0 aliphatic carbocycles. The Balaban J connectivity index is 3.15. The van der Waals surface area contributed by atoms with Gasteiger partial charge in [0.15, 0.2) is 0 Å². The van der Waals surface area contributed by atoms with Gasteiger partial charge in [0, 0.05) is 12.3 Å². The van der Waals surface area contributed by atoms with Gasteiger partial charge in [-0.1, -0.05) is 39.7 Å². The SMILES string of the molecule is CCC(=O)OC(C)[C@H](c1ccc(F)cc1C)C(CC)CC. The summed E-state index contributed by atoms with van der Waals surface area (Å²) < 4.78 is 18.9. The molecule has 2 nitrogen and oxygen atoms in total. The molecule has 1 unspecified atom stereocenters. The molecule has 0 N–H and O–H groups in total. The maximum atomic E-state index is 13.4. The fourth-order valence-corrected chi connectivity index (χ4v) is 3.06. The quantitative estimate of drug-likeness (QED) is 0.662.